The van der Waals surface area contributed by atoms with Gasteiger partial charge in [-0.25, -0.2) is 4.79 Å². The molecule has 1 fully saturated rings. The number of carbonyl (C=O) groups is 1. The SMILES string of the molecule is CC(C)(C)c1ccc(-c2ccccc2O)cc1.O=C(O)c1ccc(-c2ccccc2[O-])cc1.Oc1ccccc1C1CCCCC1. The van der Waals surface area contributed by atoms with Crippen molar-refractivity contribution in [3.05, 3.63) is 138 Å². The van der Waals surface area contributed by atoms with Crippen LogP contribution in [0.25, 0.3) is 22.3 Å². The minimum absolute atomic E-state index is 0.0643. The molecule has 5 aromatic rings. The van der Waals surface area contributed by atoms with Gasteiger partial charge in [-0.3, -0.25) is 0 Å². The molecule has 0 unspecified atom stereocenters. The molecule has 5 heteroatoms. The predicted octanol–water partition coefficient (Wildman–Crippen LogP) is 9.92. The van der Waals surface area contributed by atoms with E-state index in [0.29, 0.717) is 23.0 Å². The van der Waals surface area contributed by atoms with Gasteiger partial charge in [0, 0.05) is 5.56 Å². The van der Waals surface area contributed by atoms with Crippen LogP contribution in [0.4, 0.5) is 0 Å². The lowest BCUT2D eigenvalue weighted by Crippen LogP contribution is -2.10. The van der Waals surface area contributed by atoms with Gasteiger partial charge in [-0.05, 0) is 76.3 Å². The molecule has 0 radical (unpaired) electrons. The number of hydrogen-bond acceptors (Lipinski definition) is 4. The Kier molecular flexibility index (Phi) is 11.6. The van der Waals surface area contributed by atoms with E-state index in [-0.39, 0.29) is 16.7 Å². The third kappa shape index (κ3) is 9.24. The Morgan fingerprint density at radius 3 is 1.67 bits per heavy atom. The molecule has 6 rings (SSSR count). The average molecular weight is 616 g/mol. The molecule has 0 atom stereocenters. The molecule has 0 spiro atoms. The molecule has 5 nitrogen and oxygen atoms in total. The number of hydrogen-bond donors (Lipinski definition) is 3. The number of phenolic OH excluding ortho intramolecular Hbond substituents is 2. The number of para-hydroxylation sites is 3. The molecule has 0 saturated heterocycles. The van der Waals surface area contributed by atoms with E-state index >= 15 is 0 Å². The van der Waals surface area contributed by atoms with Gasteiger partial charge in [-0.15, -0.1) is 5.75 Å². The first-order valence-corrected chi connectivity index (χ1v) is 15.8. The van der Waals surface area contributed by atoms with Crippen molar-refractivity contribution in [2.45, 2.75) is 64.2 Å². The van der Waals surface area contributed by atoms with Gasteiger partial charge in [0.25, 0.3) is 0 Å². The summed E-state index contributed by atoms with van der Waals surface area (Å²) in [7, 11) is 0. The van der Waals surface area contributed by atoms with Crippen molar-refractivity contribution in [1.29, 1.82) is 0 Å². The number of aromatic hydroxyl groups is 2. The predicted molar refractivity (Wildman–Crippen MR) is 184 cm³/mol. The van der Waals surface area contributed by atoms with Crippen molar-refractivity contribution in [2.75, 3.05) is 0 Å². The highest BCUT2D eigenvalue weighted by Gasteiger charge is 2.17. The van der Waals surface area contributed by atoms with Crippen molar-refractivity contribution in [1.82, 2.24) is 0 Å². The minimum atomic E-state index is -0.970. The van der Waals surface area contributed by atoms with Gasteiger partial charge >= 0.3 is 5.97 Å². The Morgan fingerprint density at radius 2 is 1.13 bits per heavy atom. The molecule has 0 amide bonds. The monoisotopic (exact) mass is 615 g/mol. The van der Waals surface area contributed by atoms with Crippen molar-refractivity contribution in [3.63, 3.8) is 0 Å². The summed E-state index contributed by atoms with van der Waals surface area (Å²) in [6, 6.07) is 36.5. The Hall–Kier alpha value is -5.03. The van der Waals surface area contributed by atoms with Gasteiger partial charge in [-0.2, -0.15) is 0 Å². The van der Waals surface area contributed by atoms with Gasteiger partial charge in [0.15, 0.2) is 0 Å². The number of phenols is 2. The average Bonchev–Trinajstić information content (AvgIpc) is 3.06. The van der Waals surface area contributed by atoms with Gasteiger partial charge in [0.1, 0.15) is 11.5 Å². The van der Waals surface area contributed by atoms with Gasteiger partial charge in [0.05, 0.1) is 5.56 Å². The van der Waals surface area contributed by atoms with Crippen molar-refractivity contribution in [3.8, 4) is 39.5 Å². The molecule has 46 heavy (non-hydrogen) atoms. The molecule has 0 aromatic heterocycles. The highest BCUT2D eigenvalue weighted by molar-refractivity contribution is 5.88. The molecular weight excluding hydrogens is 572 g/mol. The van der Waals surface area contributed by atoms with Crippen LogP contribution in [-0.2, 0) is 5.41 Å². The fraction of sp³-hybridized carbons (Fsp3) is 0.244. The van der Waals surface area contributed by atoms with Crippen LogP contribution in [0.2, 0.25) is 0 Å². The topological polar surface area (TPSA) is 101 Å². The first-order valence-electron chi connectivity index (χ1n) is 15.8. The van der Waals surface area contributed by atoms with Crippen LogP contribution in [-0.4, -0.2) is 21.3 Å². The maximum Gasteiger partial charge on any atom is 0.335 e. The summed E-state index contributed by atoms with van der Waals surface area (Å²) in [6.07, 6.45) is 6.50. The van der Waals surface area contributed by atoms with Crippen LogP contribution in [0.3, 0.4) is 0 Å². The summed E-state index contributed by atoms with van der Waals surface area (Å²) in [5, 5.41) is 39.7. The van der Waals surface area contributed by atoms with Gasteiger partial charge in [0.2, 0.25) is 0 Å². The van der Waals surface area contributed by atoms with E-state index in [0.717, 1.165) is 22.3 Å². The molecule has 1 aliphatic rings. The molecular formula is C41H43O5-. The lowest BCUT2D eigenvalue weighted by Gasteiger charge is -2.22. The Labute approximate surface area is 272 Å². The zero-order valence-corrected chi connectivity index (χ0v) is 26.8. The molecule has 0 heterocycles. The first-order chi connectivity index (χ1) is 22.0. The summed E-state index contributed by atoms with van der Waals surface area (Å²) in [5.74, 6) is 0.382. The fourth-order valence-electron chi connectivity index (χ4n) is 5.61. The van der Waals surface area contributed by atoms with E-state index in [2.05, 4.69) is 51.1 Å². The molecule has 5 aromatic carbocycles. The highest BCUT2D eigenvalue weighted by atomic mass is 16.4. The molecule has 238 valence electrons. The lowest BCUT2D eigenvalue weighted by atomic mass is 9.84. The van der Waals surface area contributed by atoms with Crippen molar-refractivity contribution < 1.29 is 25.2 Å². The molecule has 0 aliphatic heterocycles. The summed E-state index contributed by atoms with van der Waals surface area (Å²) < 4.78 is 0. The Bertz CT molecular complexity index is 1690. The normalized spacial score (nSPS) is 13.0. The van der Waals surface area contributed by atoms with E-state index in [1.54, 1.807) is 42.5 Å². The van der Waals surface area contributed by atoms with Crippen LogP contribution >= 0.6 is 0 Å². The summed E-state index contributed by atoms with van der Waals surface area (Å²) in [5.41, 5.74) is 6.09. The van der Waals surface area contributed by atoms with E-state index in [4.69, 9.17) is 5.11 Å². The fourth-order valence-corrected chi connectivity index (χ4v) is 5.61. The quantitative estimate of drug-likeness (QED) is 0.187. The first kappa shape index (κ1) is 33.9. The standard InChI is InChI=1S/C16H18O.C13H10O3.C12H16O/c1-16(2,3)13-10-8-12(9-11-13)14-6-4-5-7-15(14)17;14-12-4-2-1-3-11(12)9-5-7-10(8-6-9)13(15)16;13-12-9-5-4-8-11(12)10-6-2-1-3-7-10/h4-11,17H,1-3H3;1-8,14H,(H,15,16);4-5,8-10,13H,1-3,6-7H2/p-1. The van der Waals surface area contributed by atoms with E-state index < -0.39 is 5.97 Å². The number of benzene rings is 5. The van der Waals surface area contributed by atoms with Crippen LogP contribution in [0, 0.1) is 0 Å². The largest absolute Gasteiger partial charge is 0.872 e. The number of carboxylic acids is 1. The van der Waals surface area contributed by atoms with Gasteiger partial charge < -0.3 is 20.4 Å². The molecule has 1 saturated carbocycles. The highest BCUT2D eigenvalue weighted by Crippen LogP contribution is 2.36. The summed E-state index contributed by atoms with van der Waals surface area (Å²) >= 11 is 0. The van der Waals surface area contributed by atoms with Crippen molar-refractivity contribution >= 4 is 5.97 Å². The van der Waals surface area contributed by atoms with E-state index in [1.807, 2.05) is 30.3 Å². The molecule has 3 N–H and O–H groups in total. The summed E-state index contributed by atoms with van der Waals surface area (Å²) in [6.45, 7) is 6.59. The maximum atomic E-state index is 11.5. The molecule has 1 aliphatic carbocycles. The lowest BCUT2D eigenvalue weighted by molar-refractivity contribution is -0.267. The zero-order valence-electron chi connectivity index (χ0n) is 26.8. The smallest absolute Gasteiger partial charge is 0.335 e. The number of rotatable bonds is 4. The molecule has 0 bridgehead atoms. The van der Waals surface area contributed by atoms with Crippen LogP contribution in [0.1, 0.15) is 80.3 Å². The van der Waals surface area contributed by atoms with Crippen LogP contribution < -0.4 is 5.11 Å². The van der Waals surface area contributed by atoms with Crippen molar-refractivity contribution in [2.24, 2.45) is 0 Å². The Balaban J connectivity index is 0.000000158. The van der Waals surface area contributed by atoms with Crippen LogP contribution in [0.15, 0.2) is 121 Å². The number of carboxylic acid groups (broad SMARTS) is 1. The Morgan fingerprint density at radius 1 is 0.630 bits per heavy atom. The second-order valence-electron chi connectivity index (χ2n) is 12.6. The second kappa shape index (κ2) is 15.8. The van der Waals surface area contributed by atoms with E-state index in [9.17, 15) is 20.1 Å². The third-order valence-electron chi connectivity index (χ3n) is 8.28. The van der Waals surface area contributed by atoms with Gasteiger partial charge in [-0.1, -0.05) is 137 Å². The number of aromatic carboxylic acids is 1. The van der Waals surface area contributed by atoms with E-state index in [1.165, 1.54) is 55.9 Å². The van der Waals surface area contributed by atoms with Crippen LogP contribution in [0.5, 0.6) is 17.2 Å². The summed E-state index contributed by atoms with van der Waals surface area (Å²) in [4.78, 5) is 10.7. The zero-order chi connectivity index (χ0) is 33.1. The minimum Gasteiger partial charge on any atom is -0.872 e. The second-order valence-corrected chi connectivity index (χ2v) is 12.6. The third-order valence-corrected chi connectivity index (χ3v) is 8.28. The maximum absolute atomic E-state index is 11.5.